The highest BCUT2D eigenvalue weighted by molar-refractivity contribution is 5.79. The molecule has 0 N–H and O–H groups in total. The Labute approximate surface area is 156 Å². The van der Waals surface area contributed by atoms with Gasteiger partial charge in [-0.05, 0) is 59.4 Å². The van der Waals surface area contributed by atoms with Gasteiger partial charge in [-0.15, -0.1) is 0 Å². The standard InChI is InChI=1S/C25H24O/c1-5-20-16-18(2)23(17-25(20)26-4)15-14-21-12-9-13-24(19(21)3)22-10-7-6-8-11-22/h5-17H,1H2,2-4H3/b15-14+. The van der Waals surface area contributed by atoms with E-state index in [4.69, 9.17) is 4.74 Å². The molecule has 0 aliphatic rings. The Bertz CT molecular complexity index is 949. The summed E-state index contributed by atoms with van der Waals surface area (Å²) in [5.74, 6) is 0.847. The van der Waals surface area contributed by atoms with Gasteiger partial charge in [0.05, 0.1) is 7.11 Å². The van der Waals surface area contributed by atoms with E-state index in [1.54, 1.807) is 7.11 Å². The zero-order valence-corrected chi connectivity index (χ0v) is 15.6. The molecule has 0 heterocycles. The lowest BCUT2D eigenvalue weighted by Gasteiger charge is -2.11. The molecular weight excluding hydrogens is 316 g/mol. The normalized spacial score (nSPS) is 10.9. The third-order valence-electron chi connectivity index (χ3n) is 4.74. The van der Waals surface area contributed by atoms with Gasteiger partial charge in [0, 0.05) is 5.56 Å². The maximum atomic E-state index is 5.48. The number of rotatable bonds is 5. The number of methoxy groups -OCH3 is 1. The molecule has 1 heteroatoms. The first kappa shape index (κ1) is 17.8. The average Bonchev–Trinajstić information content (AvgIpc) is 2.68. The van der Waals surface area contributed by atoms with Crippen LogP contribution in [0.2, 0.25) is 0 Å². The van der Waals surface area contributed by atoms with Crippen LogP contribution in [-0.2, 0) is 0 Å². The van der Waals surface area contributed by atoms with Crippen molar-refractivity contribution in [3.05, 3.63) is 95.1 Å². The average molecular weight is 340 g/mol. The van der Waals surface area contributed by atoms with Gasteiger partial charge in [-0.1, -0.05) is 73.3 Å². The van der Waals surface area contributed by atoms with Crippen molar-refractivity contribution in [2.75, 3.05) is 7.11 Å². The van der Waals surface area contributed by atoms with Crippen molar-refractivity contribution in [3.63, 3.8) is 0 Å². The van der Waals surface area contributed by atoms with Crippen LogP contribution in [0, 0.1) is 13.8 Å². The lowest BCUT2D eigenvalue weighted by molar-refractivity contribution is 0.413. The molecule has 0 amide bonds. The molecule has 3 aromatic rings. The van der Waals surface area contributed by atoms with Crippen LogP contribution < -0.4 is 4.74 Å². The first-order chi connectivity index (χ1) is 12.6. The van der Waals surface area contributed by atoms with E-state index in [0.717, 1.165) is 16.9 Å². The molecule has 0 aliphatic carbocycles. The monoisotopic (exact) mass is 340 g/mol. The van der Waals surface area contributed by atoms with E-state index in [2.05, 4.69) is 87.2 Å². The first-order valence-corrected chi connectivity index (χ1v) is 8.78. The Morgan fingerprint density at radius 1 is 0.808 bits per heavy atom. The molecule has 0 atom stereocenters. The van der Waals surface area contributed by atoms with Gasteiger partial charge in [0.1, 0.15) is 5.75 Å². The Morgan fingerprint density at radius 3 is 2.23 bits per heavy atom. The van der Waals surface area contributed by atoms with Crippen LogP contribution in [0.25, 0.3) is 29.4 Å². The number of ether oxygens (including phenoxy) is 1. The SMILES string of the molecule is C=Cc1cc(C)c(/C=C/c2cccc(-c3ccccc3)c2C)cc1OC. The highest BCUT2D eigenvalue weighted by atomic mass is 16.5. The summed E-state index contributed by atoms with van der Waals surface area (Å²) in [7, 11) is 1.69. The summed E-state index contributed by atoms with van der Waals surface area (Å²) in [6.07, 6.45) is 6.16. The minimum absolute atomic E-state index is 0.847. The molecule has 130 valence electrons. The molecule has 0 bridgehead atoms. The van der Waals surface area contributed by atoms with Gasteiger partial charge in [0.15, 0.2) is 0 Å². The molecule has 3 aromatic carbocycles. The molecule has 0 saturated heterocycles. The van der Waals surface area contributed by atoms with E-state index in [1.807, 2.05) is 12.1 Å². The fraction of sp³-hybridized carbons (Fsp3) is 0.120. The summed E-state index contributed by atoms with van der Waals surface area (Å²) in [5, 5.41) is 0. The molecule has 26 heavy (non-hydrogen) atoms. The van der Waals surface area contributed by atoms with E-state index < -0.39 is 0 Å². The van der Waals surface area contributed by atoms with Gasteiger partial charge >= 0.3 is 0 Å². The maximum Gasteiger partial charge on any atom is 0.126 e. The number of benzene rings is 3. The molecular formula is C25H24O. The summed E-state index contributed by atoms with van der Waals surface area (Å²) in [6.45, 7) is 8.14. The molecule has 0 fully saturated rings. The quantitative estimate of drug-likeness (QED) is 0.464. The van der Waals surface area contributed by atoms with Crippen LogP contribution in [0.5, 0.6) is 5.75 Å². The van der Waals surface area contributed by atoms with Crippen molar-refractivity contribution in [1.29, 1.82) is 0 Å². The zero-order chi connectivity index (χ0) is 18.5. The highest BCUT2D eigenvalue weighted by Gasteiger charge is 2.06. The van der Waals surface area contributed by atoms with Crippen LogP contribution in [0.4, 0.5) is 0 Å². The molecule has 3 rings (SSSR count). The minimum Gasteiger partial charge on any atom is -0.496 e. The molecule has 0 saturated carbocycles. The van der Waals surface area contributed by atoms with Gasteiger partial charge in [-0.3, -0.25) is 0 Å². The van der Waals surface area contributed by atoms with Gasteiger partial charge in [0.25, 0.3) is 0 Å². The first-order valence-electron chi connectivity index (χ1n) is 8.78. The fourth-order valence-corrected chi connectivity index (χ4v) is 3.19. The topological polar surface area (TPSA) is 9.23 Å². The Hall–Kier alpha value is -3.06. The predicted octanol–water partition coefficient (Wildman–Crippen LogP) is 6.79. The third kappa shape index (κ3) is 3.62. The van der Waals surface area contributed by atoms with E-state index in [1.165, 1.54) is 27.8 Å². The van der Waals surface area contributed by atoms with Crippen LogP contribution in [0.1, 0.15) is 27.8 Å². The van der Waals surface area contributed by atoms with Crippen molar-refractivity contribution in [3.8, 4) is 16.9 Å². The lowest BCUT2D eigenvalue weighted by Crippen LogP contribution is -1.91. The minimum atomic E-state index is 0.847. The van der Waals surface area contributed by atoms with E-state index in [-0.39, 0.29) is 0 Å². The van der Waals surface area contributed by atoms with Crippen LogP contribution >= 0.6 is 0 Å². The van der Waals surface area contributed by atoms with Crippen molar-refractivity contribution in [2.45, 2.75) is 13.8 Å². The third-order valence-corrected chi connectivity index (χ3v) is 4.74. The smallest absolute Gasteiger partial charge is 0.126 e. The summed E-state index contributed by atoms with van der Waals surface area (Å²) >= 11 is 0. The highest BCUT2D eigenvalue weighted by Crippen LogP contribution is 2.28. The Kier molecular flexibility index (Phi) is 5.38. The second kappa shape index (κ2) is 7.88. The second-order valence-electron chi connectivity index (χ2n) is 6.37. The summed E-state index contributed by atoms with van der Waals surface area (Å²) in [4.78, 5) is 0. The van der Waals surface area contributed by atoms with E-state index >= 15 is 0 Å². The summed E-state index contributed by atoms with van der Waals surface area (Å²) < 4.78 is 5.48. The van der Waals surface area contributed by atoms with Gasteiger partial charge in [-0.2, -0.15) is 0 Å². The summed E-state index contributed by atoms with van der Waals surface area (Å²) in [5.41, 5.74) is 8.38. The maximum absolute atomic E-state index is 5.48. The van der Waals surface area contributed by atoms with Crippen LogP contribution in [-0.4, -0.2) is 7.11 Å². The van der Waals surface area contributed by atoms with Crippen molar-refractivity contribution >= 4 is 18.2 Å². The molecule has 0 aliphatic heterocycles. The Morgan fingerprint density at radius 2 is 1.54 bits per heavy atom. The van der Waals surface area contributed by atoms with Crippen LogP contribution in [0.3, 0.4) is 0 Å². The number of aryl methyl sites for hydroxylation is 1. The molecule has 0 aromatic heterocycles. The van der Waals surface area contributed by atoms with Gasteiger partial charge in [0.2, 0.25) is 0 Å². The van der Waals surface area contributed by atoms with Crippen molar-refractivity contribution < 1.29 is 4.74 Å². The fourth-order valence-electron chi connectivity index (χ4n) is 3.19. The molecule has 0 radical (unpaired) electrons. The summed E-state index contributed by atoms with van der Waals surface area (Å²) in [6, 6.07) is 21.1. The van der Waals surface area contributed by atoms with E-state index in [9.17, 15) is 0 Å². The van der Waals surface area contributed by atoms with Crippen molar-refractivity contribution in [2.24, 2.45) is 0 Å². The second-order valence-corrected chi connectivity index (χ2v) is 6.37. The van der Waals surface area contributed by atoms with E-state index in [0.29, 0.717) is 0 Å². The van der Waals surface area contributed by atoms with Gasteiger partial charge in [-0.25, -0.2) is 0 Å². The van der Waals surface area contributed by atoms with Gasteiger partial charge < -0.3 is 4.74 Å². The predicted molar refractivity (Wildman–Crippen MR) is 113 cm³/mol. The molecule has 1 nitrogen and oxygen atoms in total. The zero-order valence-electron chi connectivity index (χ0n) is 15.6. The molecule has 0 unspecified atom stereocenters. The lowest BCUT2D eigenvalue weighted by atomic mass is 9.95. The number of hydrogen-bond donors (Lipinski definition) is 0. The number of hydrogen-bond acceptors (Lipinski definition) is 1. The van der Waals surface area contributed by atoms with Crippen LogP contribution in [0.15, 0.2) is 67.2 Å². The largest absolute Gasteiger partial charge is 0.496 e. The Balaban J connectivity index is 1.98. The van der Waals surface area contributed by atoms with Crippen molar-refractivity contribution in [1.82, 2.24) is 0 Å². The molecule has 0 spiro atoms.